The topological polar surface area (TPSA) is 122 Å². The molecule has 9 heteroatoms. The maximum absolute atomic E-state index is 12.4. The molecule has 2 aromatic rings. The molecular weight excluding hydrogens is 352 g/mol. The van der Waals surface area contributed by atoms with Crippen LogP contribution in [0.25, 0.3) is 0 Å². The highest BCUT2D eigenvalue weighted by molar-refractivity contribution is 5.88. The number of benzene rings is 1. The second-order valence-corrected chi connectivity index (χ2v) is 5.56. The van der Waals surface area contributed by atoms with E-state index in [0.717, 1.165) is 5.56 Å². The molecule has 1 heterocycles. The number of nitrogens with zero attached hydrogens (tertiary/aromatic N) is 1. The molecule has 0 aliphatic heterocycles. The van der Waals surface area contributed by atoms with E-state index >= 15 is 0 Å². The zero-order valence-corrected chi connectivity index (χ0v) is 14.9. The average molecular weight is 374 g/mol. The summed E-state index contributed by atoms with van der Waals surface area (Å²) in [6.45, 7) is 1.68. The molecular formula is C18H22N4O5. The molecule has 0 radical (unpaired) electrons. The van der Waals surface area contributed by atoms with E-state index in [-0.39, 0.29) is 26.2 Å². The van der Waals surface area contributed by atoms with Crippen LogP contribution in [0.1, 0.15) is 18.2 Å². The number of alkyl carbamates (subject to hydrolysis) is 1. The molecule has 0 aliphatic rings. The smallest absolute Gasteiger partial charge is 0.408 e. The van der Waals surface area contributed by atoms with Crippen LogP contribution in [0.2, 0.25) is 0 Å². The van der Waals surface area contributed by atoms with Gasteiger partial charge in [0.15, 0.2) is 0 Å². The Morgan fingerprint density at radius 1 is 1.19 bits per heavy atom. The summed E-state index contributed by atoms with van der Waals surface area (Å²) >= 11 is 0. The first kappa shape index (κ1) is 20.0. The van der Waals surface area contributed by atoms with E-state index in [1.165, 1.54) is 6.33 Å². The second-order valence-electron chi connectivity index (χ2n) is 5.56. The number of hydrogen-bond donors (Lipinski definition) is 3. The van der Waals surface area contributed by atoms with Crippen LogP contribution in [-0.2, 0) is 32.1 Å². The van der Waals surface area contributed by atoms with Gasteiger partial charge in [0, 0.05) is 18.3 Å². The molecule has 9 nitrogen and oxygen atoms in total. The summed E-state index contributed by atoms with van der Waals surface area (Å²) in [6.07, 6.45) is 2.43. The molecule has 0 aliphatic carbocycles. The Bertz CT molecular complexity index is 733. The van der Waals surface area contributed by atoms with Crippen LogP contribution in [0, 0.1) is 0 Å². The predicted octanol–water partition coefficient (Wildman–Crippen LogP) is 0.927. The molecule has 144 valence electrons. The zero-order valence-electron chi connectivity index (χ0n) is 14.9. The number of amides is 2. The molecule has 0 spiro atoms. The van der Waals surface area contributed by atoms with Crippen LogP contribution in [0.15, 0.2) is 42.9 Å². The van der Waals surface area contributed by atoms with Gasteiger partial charge >= 0.3 is 12.1 Å². The number of H-pyrrole nitrogens is 1. The molecule has 1 aromatic heterocycles. The van der Waals surface area contributed by atoms with E-state index in [2.05, 4.69) is 20.6 Å². The van der Waals surface area contributed by atoms with Crippen molar-refractivity contribution in [3.05, 3.63) is 54.1 Å². The van der Waals surface area contributed by atoms with Gasteiger partial charge in [-0.1, -0.05) is 30.3 Å². The van der Waals surface area contributed by atoms with Crippen molar-refractivity contribution in [3.63, 3.8) is 0 Å². The second kappa shape index (κ2) is 10.6. The van der Waals surface area contributed by atoms with Gasteiger partial charge in [0.05, 0.1) is 12.9 Å². The van der Waals surface area contributed by atoms with Gasteiger partial charge in [-0.15, -0.1) is 0 Å². The van der Waals surface area contributed by atoms with Crippen molar-refractivity contribution < 1.29 is 23.9 Å². The molecule has 1 unspecified atom stereocenters. The van der Waals surface area contributed by atoms with Crippen molar-refractivity contribution in [1.29, 1.82) is 0 Å². The third-order valence-electron chi connectivity index (χ3n) is 3.51. The quantitative estimate of drug-likeness (QED) is 0.561. The highest BCUT2D eigenvalue weighted by Crippen LogP contribution is 2.03. The largest absolute Gasteiger partial charge is 0.465 e. The van der Waals surface area contributed by atoms with Gasteiger partial charge in [0.2, 0.25) is 5.91 Å². The van der Waals surface area contributed by atoms with E-state index in [1.807, 2.05) is 30.3 Å². The highest BCUT2D eigenvalue weighted by Gasteiger charge is 2.23. The molecule has 1 aromatic carbocycles. The number of aromatic amines is 1. The summed E-state index contributed by atoms with van der Waals surface area (Å²) in [5, 5.41) is 4.95. The number of rotatable bonds is 9. The van der Waals surface area contributed by atoms with Crippen molar-refractivity contribution in [2.24, 2.45) is 0 Å². The molecule has 0 fully saturated rings. The maximum atomic E-state index is 12.4. The van der Waals surface area contributed by atoms with Gasteiger partial charge in [-0.2, -0.15) is 0 Å². The molecule has 0 saturated heterocycles. The summed E-state index contributed by atoms with van der Waals surface area (Å²) in [5.74, 6) is -1.09. The van der Waals surface area contributed by atoms with Crippen molar-refractivity contribution in [2.75, 3.05) is 13.2 Å². The minimum atomic E-state index is -0.942. The Hall–Kier alpha value is -3.36. The van der Waals surface area contributed by atoms with Gasteiger partial charge in [0.25, 0.3) is 0 Å². The minimum absolute atomic E-state index is 0.0773. The molecule has 3 N–H and O–H groups in total. The van der Waals surface area contributed by atoms with E-state index in [0.29, 0.717) is 5.69 Å². The van der Waals surface area contributed by atoms with Crippen LogP contribution >= 0.6 is 0 Å². The van der Waals surface area contributed by atoms with E-state index in [1.54, 1.807) is 13.1 Å². The Morgan fingerprint density at radius 3 is 2.63 bits per heavy atom. The average Bonchev–Trinajstić information content (AvgIpc) is 3.18. The van der Waals surface area contributed by atoms with Crippen molar-refractivity contribution in [2.45, 2.75) is 26.0 Å². The lowest BCUT2D eigenvalue weighted by Crippen LogP contribution is -2.49. The standard InChI is InChI=1S/C18H22N4O5/c1-2-26-16(23)10-20-17(24)15(8-14-9-19-12-21-14)22-18(25)27-11-13-6-4-3-5-7-13/h3-7,9,12,15H,2,8,10-11H2,1H3,(H,19,21)(H,20,24)(H,22,25). The Kier molecular flexibility index (Phi) is 7.83. The van der Waals surface area contributed by atoms with Crippen molar-refractivity contribution >= 4 is 18.0 Å². The summed E-state index contributed by atoms with van der Waals surface area (Å²) < 4.78 is 9.91. The maximum Gasteiger partial charge on any atom is 0.408 e. The fourth-order valence-electron chi connectivity index (χ4n) is 2.23. The fourth-order valence-corrected chi connectivity index (χ4v) is 2.23. The number of nitrogens with one attached hydrogen (secondary N) is 3. The summed E-state index contributed by atoms with van der Waals surface area (Å²) in [4.78, 5) is 42.6. The minimum Gasteiger partial charge on any atom is -0.465 e. The molecule has 0 bridgehead atoms. The number of ether oxygens (including phenoxy) is 2. The normalized spacial score (nSPS) is 11.3. The lowest BCUT2D eigenvalue weighted by molar-refractivity contribution is -0.143. The summed E-state index contributed by atoms with van der Waals surface area (Å²) in [5.41, 5.74) is 1.47. The molecule has 2 amide bonds. The van der Waals surface area contributed by atoms with Gasteiger partial charge in [-0.25, -0.2) is 9.78 Å². The number of imidazole rings is 1. The van der Waals surface area contributed by atoms with Crippen molar-refractivity contribution in [1.82, 2.24) is 20.6 Å². The van der Waals surface area contributed by atoms with Crippen LogP contribution < -0.4 is 10.6 Å². The SMILES string of the molecule is CCOC(=O)CNC(=O)C(Cc1cnc[nH]1)NC(=O)OCc1ccccc1. The Balaban J connectivity index is 1.91. The van der Waals surface area contributed by atoms with Crippen LogP contribution in [0.5, 0.6) is 0 Å². The number of esters is 1. The Morgan fingerprint density at radius 2 is 1.96 bits per heavy atom. The Labute approximate surface area is 156 Å². The highest BCUT2D eigenvalue weighted by atomic mass is 16.5. The van der Waals surface area contributed by atoms with E-state index in [9.17, 15) is 14.4 Å². The number of hydrogen-bond acceptors (Lipinski definition) is 6. The molecule has 1 atom stereocenters. The van der Waals surface area contributed by atoms with Gasteiger partial charge in [0.1, 0.15) is 19.2 Å². The van der Waals surface area contributed by atoms with Crippen LogP contribution in [-0.4, -0.2) is 47.1 Å². The molecule has 27 heavy (non-hydrogen) atoms. The van der Waals surface area contributed by atoms with Gasteiger partial charge in [-0.05, 0) is 12.5 Å². The van der Waals surface area contributed by atoms with E-state index < -0.39 is 24.0 Å². The monoisotopic (exact) mass is 374 g/mol. The number of carbonyl (C=O) groups is 3. The van der Waals surface area contributed by atoms with Crippen molar-refractivity contribution in [3.8, 4) is 0 Å². The zero-order chi connectivity index (χ0) is 19.5. The third kappa shape index (κ3) is 7.18. The van der Waals surface area contributed by atoms with Crippen LogP contribution in [0.4, 0.5) is 4.79 Å². The lowest BCUT2D eigenvalue weighted by Gasteiger charge is -2.17. The first-order valence-electron chi connectivity index (χ1n) is 8.46. The number of aromatic nitrogens is 2. The number of carbonyl (C=O) groups excluding carboxylic acids is 3. The fraction of sp³-hybridized carbons (Fsp3) is 0.333. The van der Waals surface area contributed by atoms with Crippen LogP contribution in [0.3, 0.4) is 0 Å². The predicted molar refractivity (Wildman–Crippen MR) is 95.5 cm³/mol. The van der Waals surface area contributed by atoms with E-state index in [4.69, 9.17) is 9.47 Å². The summed E-state index contributed by atoms with van der Waals surface area (Å²) in [6, 6.07) is 8.23. The lowest BCUT2D eigenvalue weighted by atomic mass is 10.1. The third-order valence-corrected chi connectivity index (χ3v) is 3.51. The van der Waals surface area contributed by atoms with Gasteiger partial charge < -0.3 is 25.1 Å². The first-order chi connectivity index (χ1) is 13.1. The first-order valence-corrected chi connectivity index (χ1v) is 8.46. The van der Waals surface area contributed by atoms with Gasteiger partial charge in [-0.3, -0.25) is 9.59 Å². The molecule has 0 saturated carbocycles. The molecule has 2 rings (SSSR count). The summed E-state index contributed by atoms with van der Waals surface area (Å²) in [7, 11) is 0.